The molecular formula is C21H19FN2O4. The quantitative estimate of drug-likeness (QED) is 0.697. The van der Waals surface area contributed by atoms with Crippen molar-refractivity contribution in [1.29, 1.82) is 0 Å². The molecule has 3 heterocycles. The predicted octanol–water partition coefficient (Wildman–Crippen LogP) is 3.40. The summed E-state index contributed by atoms with van der Waals surface area (Å²) < 4.78 is 23.7. The number of halogens is 1. The van der Waals surface area contributed by atoms with E-state index in [9.17, 15) is 14.3 Å². The van der Waals surface area contributed by atoms with Crippen molar-refractivity contribution in [3.63, 3.8) is 0 Å². The Balaban J connectivity index is 1.55. The van der Waals surface area contributed by atoms with Gasteiger partial charge in [0.2, 0.25) is 0 Å². The Morgan fingerprint density at radius 2 is 1.89 bits per heavy atom. The van der Waals surface area contributed by atoms with E-state index in [0.29, 0.717) is 37.9 Å². The Hall–Kier alpha value is -3.06. The van der Waals surface area contributed by atoms with E-state index in [1.807, 2.05) is 6.07 Å². The molecule has 2 aromatic heterocycles. The molecule has 0 bridgehead atoms. The van der Waals surface area contributed by atoms with Gasteiger partial charge in [-0.1, -0.05) is 12.1 Å². The Morgan fingerprint density at radius 1 is 1.14 bits per heavy atom. The van der Waals surface area contributed by atoms with Crippen LogP contribution in [0.1, 0.15) is 34.5 Å². The van der Waals surface area contributed by atoms with Crippen molar-refractivity contribution in [2.45, 2.75) is 25.4 Å². The monoisotopic (exact) mass is 382 g/mol. The summed E-state index contributed by atoms with van der Waals surface area (Å²) >= 11 is 0. The molecule has 6 nitrogen and oxygen atoms in total. The van der Waals surface area contributed by atoms with Gasteiger partial charge < -0.3 is 14.6 Å². The van der Waals surface area contributed by atoms with Crippen LogP contribution >= 0.6 is 0 Å². The Morgan fingerprint density at radius 3 is 2.64 bits per heavy atom. The number of hydrogen-bond acceptors (Lipinski definition) is 6. The highest BCUT2D eigenvalue weighted by Crippen LogP contribution is 2.27. The number of nitrogens with zero attached hydrogens (tertiary/aromatic N) is 2. The van der Waals surface area contributed by atoms with Gasteiger partial charge in [0.25, 0.3) is 0 Å². The lowest BCUT2D eigenvalue weighted by Gasteiger charge is -2.22. The lowest BCUT2D eigenvalue weighted by Crippen LogP contribution is -2.26. The van der Waals surface area contributed by atoms with Gasteiger partial charge in [-0.2, -0.15) is 0 Å². The summed E-state index contributed by atoms with van der Waals surface area (Å²) in [5, 5.41) is 11.1. The van der Waals surface area contributed by atoms with Crippen molar-refractivity contribution in [2.24, 2.45) is 0 Å². The topological polar surface area (TPSA) is 81.5 Å². The van der Waals surface area contributed by atoms with Gasteiger partial charge >= 0.3 is 5.97 Å². The molecule has 1 saturated heterocycles. The van der Waals surface area contributed by atoms with Gasteiger partial charge in [0.15, 0.2) is 11.4 Å². The van der Waals surface area contributed by atoms with E-state index in [4.69, 9.17) is 9.47 Å². The molecule has 7 heteroatoms. The first-order valence-electron chi connectivity index (χ1n) is 9.10. The zero-order valence-electron chi connectivity index (χ0n) is 15.1. The second-order valence-electron chi connectivity index (χ2n) is 6.76. The molecule has 0 unspecified atom stereocenters. The predicted molar refractivity (Wildman–Crippen MR) is 99.7 cm³/mol. The van der Waals surface area contributed by atoms with Crippen LogP contribution in [0, 0.1) is 5.82 Å². The standard InChI is InChI=1S/C21H19FN2O4/c22-16-3-1-13(2-4-16)9-14-10-15-12-24-19(20(25)18(15)23-11-14)21(26)28-17-5-7-27-8-6-17/h1-4,10-12,17,25H,5-9H2. The fourth-order valence-corrected chi connectivity index (χ4v) is 3.22. The van der Waals surface area contributed by atoms with Gasteiger partial charge in [-0.15, -0.1) is 0 Å². The van der Waals surface area contributed by atoms with E-state index >= 15 is 0 Å². The minimum absolute atomic E-state index is 0.141. The van der Waals surface area contributed by atoms with Crippen LogP contribution in [-0.4, -0.2) is 40.4 Å². The number of aromatic nitrogens is 2. The van der Waals surface area contributed by atoms with Crippen LogP contribution in [0.5, 0.6) is 5.75 Å². The molecule has 3 aromatic rings. The highest BCUT2D eigenvalue weighted by Gasteiger charge is 2.23. The fraction of sp³-hybridized carbons (Fsp3) is 0.286. The van der Waals surface area contributed by atoms with Crippen LogP contribution in [0.25, 0.3) is 10.9 Å². The average molecular weight is 382 g/mol. The number of carbonyl (C=O) groups excluding carboxylic acids is 1. The van der Waals surface area contributed by atoms with E-state index in [0.717, 1.165) is 11.1 Å². The van der Waals surface area contributed by atoms with Gasteiger partial charge in [-0.25, -0.2) is 14.2 Å². The van der Waals surface area contributed by atoms with Crippen LogP contribution in [0.15, 0.2) is 42.7 Å². The first-order valence-corrected chi connectivity index (χ1v) is 9.10. The molecule has 1 aromatic carbocycles. The molecule has 1 aliphatic heterocycles. The molecule has 144 valence electrons. The second kappa shape index (κ2) is 7.90. The third kappa shape index (κ3) is 3.94. The third-order valence-corrected chi connectivity index (χ3v) is 4.71. The van der Waals surface area contributed by atoms with Crippen molar-refractivity contribution < 1.29 is 23.8 Å². The number of rotatable bonds is 4. The minimum Gasteiger partial charge on any atom is -0.504 e. The molecule has 1 N–H and O–H groups in total. The molecule has 0 radical (unpaired) electrons. The SMILES string of the molecule is O=C(OC1CCOCC1)c1ncc2cc(Cc3ccc(F)cc3)cnc2c1O. The van der Waals surface area contributed by atoms with Gasteiger partial charge in [-0.3, -0.25) is 4.98 Å². The largest absolute Gasteiger partial charge is 0.504 e. The molecule has 0 atom stereocenters. The van der Waals surface area contributed by atoms with Crippen LogP contribution in [0.3, 0.4) is 0 Å². The highest BCUT2D eigenvalue weighted by atomic mass is 19.1. The lowest BCUT2D eigenvalue weighted by atomic mass is 10.0. The van der Waals surface area contributed by atoms with Gasteiger partial charge in [-0.05, 0) is 35.7 Å². The summed E-state index contributed by atoms with van der Waals surface area (Å²) in [6.07, 6.45) is 4.72. The van der Waals surface area contributed by atoms with Crippen molar-refractivity contribution >= 4 is 16.9 Å². The maximum absolute atomic E-state index is 13.0. The summed E-state index contributed by atoms with van der Waals surface area (Å²) in [5.74, 6) is -1.24. The average Bonchev–Trinajstić information content (AvgIpc) is 2.70. The zero-order valence-corrected chi connectivity index (χ0v) is 15.1. The van der Waals surface area contributed by atoms with Crippen molar-refractivity contribution in [2.75, 3.05) is 13.2 Å². The van der Waals surface area contributed by atoms with E-state index in [1.165, 1.54) is 18.3 Å². The van der Waals surface area contributed by atoms with Crippen LogP contribution in [0.2, 0.25) is 0 Å². The molecule has 0 aliphatic carbocycles. The first kappa shape index (κ1) is 18.3. The summed E-state index contributed by atoms with van der Waals surface area (Å²) in [4.78, 5) is 20.7. The number of ether oxygens (including phenoxy) is 2. The van der Waals surface area contributed by atoms with Crippen molar-refractivity contribution in [3.05, 3.63) is 65.4 Å². The van der Waals surface area contributed by atoms with Gasteiger partial charge in [0.05, 0.1) is 13.2 Å². The Kier molecular flexibility index (Phi) is 5.16. The molecule has 0 spiro atoms. The zero-order chi connectivity index (χ0) is 19.5. The summed E-state index contributed by atoms with van der Waals surface area (Å²) in [7, 11) is 0. The minimum atomic E-state index is -0.663. The Bertz CT molecular complexity index is 1000. The van der Waals surface area contributed by atoms with E-state index in [1.54, 1.807) is 18.3 Å². The van der Waals surface area contributed by atoms with Gasteiger partial charge in [0.1, 0.15) is 17.4 Å². The number of benzene rings is 1. The molecule has 0 amide bonds. The van der Waals surface area contributed by atoms with Crippen LogP contribution in [-0.2, 0) is 15.9 Å². The lowest BCUT2D eigenvalue weighted by molar-refractivity contribution is -0.0164. The summed E-state index contributed by atoms with van der Waals surface area (Å²) in [6, 6.07) is 8.09. The highest BCUT2D eigenvalue weighted by molar-refractivity contribution is 5.97. The molecule has 1 aliphatic rings. The first-order chi connectivity index (χ1) is 13.6. The normalized spacial score (nSPS) is 14.9. The molecular weight excluding hydrogens is 363 g/mol. The molecule has 4 rings (SSSR count). The van der Waals surface area contributed by atoms with Crippen LogP contribution in [0.4, 0.5) is 4.39 Å². The number of aromatic hydroxyl groups is 1. The van der Waals surface area contributed by atoms with E-state index in [2.05, 4.69) is 9.97 Å². The number of fused-ring (bicyclic) bond motifs is 1. The summed E-state index contributed by atoms with van der Waals surface area (Å²) in [6.45, 7) is 1.10. The molecule has 1 fully saturated rings. The maximum Gasteiger partial charge on any atom is 0.361 e. The Labute approximate surface area is 161 Å². The van der Waals surface area contributed by atoms with Crippen molar-refractivity contribution in [3.8, 4) is 5.75 Å². The maximum atomic E-state index is 13.0. The van der Waals surface area contributed by atoms with E-state index < -0.39 is 5.97 Å². The molecule has 28 heavy (non-hydrogen) atoms. The smallest absolute Gasteiger partial charge is 0.361 e. The number of esters is 1. The van der Waals surface area contributed by atoms with Crippen LogP contribution < -0.4 is 0 Å². The number of hydrogen-bond donors (Lipinski definition) is 1. The fourth-order valence-electron chi connectivity index (χ4n) is 3.22. The number of pyridine rings is 2. The third-order valence-electron chi connectivity index (χ3n) is 4.71. The number of carbonyl (C=O) groups is 1. The summed E-state index contributed by atoms with van der Waals surface area (Å²) in [5.41, 5.74) is 1.98. The molecule has 0 saturated carbocycles. The van der Waals surface area contributed by atoms with Gasteiger partial charge in [0, 0.05) is 30.6 Å². The van der Waals surface area contributed by atoms with E-state index in [-0.39, 0.29) is 28.9 Å². The second-order valence-corrected chi connectivity index (χ2v) is 6.76. The van der Waals surface area contributed by atoms with Crippen molar-refractivity contribution in [1.82, 2.24) is 9.97 Å².